The molecule has 0 radical (unpaired) electrons. The number of carbonyl (C=O) groups is 1. The molecule has 0 spiro atoms. The molecule has 25 heavy (non-hydrogen) atoms. The van der Waals surface area contributed by atoms with Crippen molar-refractivity contribution in [3.8, 4) is 5.75 Å². The van der Waals surface area contributed by atoms with Crippen LogP contribution in [0.2, 0.25) is 0 Å². The SMILES string of the molecule is O=C(Nc1ccc(OC(F)F)cc1)c1ccc2c(=O)[nH]c(=S)[nH]c2c1. The summed E-state index contributed by atoms with van der Waals surface area (Å²) in [5.41, 5.74) is 0.796. The minimum atomic E-state index is -2.91. The van der Waals surface area contributed by atoms with Gasteiger partial charge in [0.15, 0.2) is 4.77 Å². The Kier molecular flexibility index (Phi) is 4.57. The summed E-state index contributed by atoms with van der Waals surface area (Å²) in [5, 5.41) is 3.00. The van der Waals surface area contributed by atoms with Crippen LogP contribution in [-0.2, 0) is 0 Å². The number of halogens is 2. The Morgan fingerprint density at radius 1 is 1.12 bits per heavy atom. The van der Waals surface area contributed by atoms with Gasteiger partial charge in [0.1, 0.15) is 5.75 Å². The van der Waals surface area contributed by atoms with Gasteiger partial charge in [-0.25, -0.2) is 0 Å². The van der Waals surface area contributed by atoms with Gasteiger partial charge in [0.2, 0.25) is 0 Å². The van der Waals surface area contributed by atoms with Crippen LogP contribution in [0.3, 0.4) is 0 Å². The summed E-state index contributed by atoms with van der Waals surface area (Å²) in [7, 11) is 0. The average molecular weight is 363 g/mol. The van der Waals surface area contributed by atoms with E-state index >= 15 is 0 Å². The molecular weight excluding hydrogens is 352 g/mol. The Balaban J connectivity index is 1.82. The molecule has 0 bridgehead atoms. The second-order valence-electron chi connectivity index (χ2n) is 5.03. The summed E-state index contributed by atoms with van der Waals surface area (Å²) in [5.74, 6) is -0.436. The minimum absolute atomic E-state index is 0.00879. The highest BCUT2D eigenvalue weighted by Crippen LogP contribution is 2.19. The number of carbonyl (C=O) groups excluding carboxylic acids is 1. The molecule has 0 aliphatic rings. The molecule has 3 aromatic rings. The molecule has 2 aromatic carbocycles. The highest BCUT2D eigenvalue weighted by molar-refractivity contribution is 7.71. The standard InChI is InChI=1S/C16H11F2N3O3S/c17-15(18)24-10-4-2-9(3-5-10)19-13(22)8-1-6-11-12(7-8)20-16(25)21-14(11)23/h1-7,15H,(H,19,22)(H2,20,21,23,25). The summed E-state index contributed by atoms with van der Waals surface area (Å²) in [4.78, 5) is 29.3. The van der Waals surface area contributed by atoms with Crippen LogP contribution >= 0.6 is 12.2 Å². The smallest absolute Gasteiger partial charge is 0.387 e. The summed E-state index contributed by atoms with van der Waals surface area (Å²) in [6.07, 6.45) is 0. The molecule has 1 amide bonds. The van der Waals surface area contributed by atoms with E-state index in [1.807, 2.05) is 0 Å². The van der Waals surface area contributed by atoms with Gasteiger partial charge in [0.25, 0.3) is 11.5 Å². The number of rotatable bonds is 4. The molecule has 6 nitrogen and oxygen atoms in total. The molecule has 0 saturated carbocycles. The van der Waals surface area contributed by atoms with E-state index in [1.165, 1.54) is 42.5 Å². The van der Waals surface area contributed by atoms with Crippen LogP contribution in [0.5, 0.6) is 5.75 Å². The second-order valence-corrected chi connectivity index (χ2v) is 5.43. The summed E-state index contributed by atoms with van der Waals surface area (Å²) in [6.45, 7) is -2.91. The van der Waals surface area contributed by atoms with Gasteiger partial charge in [-0.3, -0.25) is 14.6 Å². The molecular formula is C16H11F2N3O3S. The number of hydrogen-bond donors (Lipinski definition) is 3. The zero-order chi connectivity index (χ0) is 18.0. The van der Waals surface area contributed by atoms with Crippen molar-refractivity contribution in [2.75, 3.05) is 5.32 Å². The lowest BCUT2D eigenvalue weighted by Gasteiger charge is -2.08. The molecule has 3 N–H and O–H groups in total. The van der Waals surface area contributed by atoms with Gasteiger partial charge in [-0.15, -0.1) is 0 Å². The van der Waals surface area contributed by atoms with Gasteiger partial charge in [-0.1, -0.05) is 0 Å². The Morgan fingerprint density at radius 3 is 2.52 bits per heavy atom. The maximum Gasteiger partial charge on any atom is 0.387 e. The van der Waals surface area contributed by atoms with Crippen molar-refractivity contribution in [3.05, 3.63) is 63.2 Å². The second kappa shape index (κ2) is 6.81. The molecule has 0 atom stereocenters. The van der Waals surface area contributed by atoms with Crippen LogP contribution in [0.15, 0.2) is 47.3 Å². The fourth-order valence-corrected chi connectivity index (χ4v) is 2.44. The first kappa shape index (κ1) is 16.8. The van der Waals surface area contributed by atoms with E-state index in [2.05, 4.69) is 20.0 Å². The van der Waals surface area contributed by atoms with Crippen molar-refractivity contribution >= 4 is 34.7 Å². The number of anilines is 1. The van der Waals surface area contributed by atoms with Crippen molar-refractivity contribution in [3.63, 3.8) is 0 Å². The first-order valence-corrected chi connectivity index (χ1v) is 7.46. The number of nitrogens with one attached hydrogen (secondary N) is 3. The number of ether oxygens (including phenoxy) is 1. The zero-order valence-corrected chi connectivity index (χ0v) is 13.3. The largest absolute Gasteiger partial charge is 0.435 e. The number of fused-ring (bicyclic) bond motifs is 1. The lowest BCUT2D eigenvalue weighted by Crippen LogP contribution is -2.13. The molecule has 1 heterocycles. The van der Waals surface area contributed by atoms with E-state index < -0.39 is 12.5 Å². The van der Waals surface area contributed by atoms with Gasteiger partial charge in [-0.05, 0) is 54.7 Å². The van der Waals surface area contributed by atoms with E-state index in [0.29, 0.717) is 22.2 Å². The summed E-state index contributed by atoms with van der Waals surface area (Å²) < 4.78 is 28.6. The topological polar surface area (TPSA) is 87.0 Å². The molecule has 0 aliphatic heterocycles. The molecule has 0 aliphatic carbocycles. The Hall–Kier alpha value is -3.07. The number of aromatic nitrogens is 2. The third-order valence-corrected chi connectivity index (χ3v) is 3.54. The van der Waals surface area contributed by atoms with Gasteiger partial charge >= 0.3 is 6.61 Å². The van der Waals surface area contributed by atoms with E-state index in [4.69, 9.17) is 12.2 Å². The van der Waals surface area contributed by atoms with Gasteiger partial charge < -0.3 is 15.0 Å². The molecule has 0 unspecified atom stereocenters. The average Bonchev–Trinajstić information content (AvgIpc) is 2.55. The van der Waals surface area contributed by atoms with Crippen LogP contribution in [0.1, 0.15) is 10.4 Å². The van der Waals surface area contributed by atoms with Crippen molar-refractivity contribution in [1.29, 1.82) is 0 Å². The van der Waals surface area contributed by atoms with Crippen LogP contribution in [0.25, 0.3) is 10.9 Å². The van der Waals surface area contributed by atoms with E-state index in [-0.39, 0.29) is 16.1 Å². The summed E-state index contributed by atoms with van der Waals surface area (Å²) in [6, 6.07) is 10.0. The van der Waals surface area contributed by atoms with E-state index in [1.54, 1.807) is 0 Å². The quantitative estimate of drug-likeness (QED) is 0.620. The molecule has 9 heteroatoms. The minimum Gasteiger partial charge on any atom is -0.435 e. The molecule has 0 fully saturated rings. The number of amides is 1. The first-order chi connectivity index (χ1) is 11.9. The Labute approximate surface area is 144 Å². The molecule has 128 valence electrons. The normalized spacial score (nSPS) is 10.8. The number of alkyl halides is 2. The predicted octanol–water partition coefficient (Wildman–Crippen LogP) is 3.44. The number of hydrogen-bond acceptors (Lipinski definition) is 4. The fraction of sp³-hybridized carbons (Fsp3) is 0.0625. The lowest BCUT2D eigenvalue weighted by molar-refractivity contribution is -0.0498. The number of H-pyrrole nitrogens is 2. The first-order valence-electron chi connectivity index (χ1n) is 7.05. The predicted molar refractivity (Wildman–Crippen MR) is 90.8 cm³/mol. The molecule has 3 rings (SSSR count). The van der Waals surface area contributed by atoms with Crippen LogP contribution in [0, 0.1) is 4.77 Å². The Morgan fingerprint density at radius 2 is 1.84 bits per heavy atom. The van der Waals surface area contributed by atoms with Crippen molar-refractivity contribution < 1.29 is 18.3 Å². The number of aromatic amines is 2. The van der Waals surface area contributed by atoms with Crippen molar-refractivity contribution in [2.45, 2.75) is 6.61 Å². The number of benzene rings is 2. The van der Waals surface area contributed by atoms with E-state index in [9.17, 15) is 18.4 Å². The third kappa shape index (κ3) is 3.89. The Bertz CT molecular complexity index is 1040. The lowest BCUT2D eigenvalue weighted by atomic mass is 10.1. The molecule has 1 aromatic heterocycles. The maximum atomic E-state index is 12.3. The zero-order valence-electron chi connectivity index (χ0n) is 12.5. The van der Waals surface area contributed by atoms with Gasteiger partial charge in [-0.2, -0.15) is 8.78 Å². The van der Waals surface area contributed by atoms with Crippen LogP contribution in [-0.4, -0.2) is 22.5 Å². The highest BCUT2D eigenvalue weighted by Gasteiger charge is 2.09. The highest BCUT2D eigenvalue weighted by atomic mass is 32.1. The third-order valence-electron chi connectivity index (χ3n) is 3.34. The monoisotopic (exact) mass is 363 g/mol. The van der Waals surface area contributed by atoms with Gasteiger partial charge in [0, 0.05) is 11.3 Å². The van der Waals surface area contributed by atoms with E-state index in [0.717, 1.165) is 0 Å². The fourth-order valence-electron chi connectivity index (χ4n) is 2.23. The van der Waals surface area contributed by atoms with Crippen molar-refractivity contribution in [2.24, 2.45) is 0 Å². The molecule has 0 saturated heterocycles. The van der Waals surface area contributed by atoms with Gasteiger partial charge in [0.05, 0.1) is 10.9 Å². The summed E-state index contributed by atoms with van der Waals surface area (Å²) >= 11 is 4.91. The van der Waals surface area contributed by atoms with Crippen LogP contribution < -0.4 is 15.6 Å². The van der Waals surface area contributed by atoms with Crippen LogP contribution in [0.4, 0.5) is 14.5 Å². The maximum absolute atomic E-state index is 12.3. The van der Waals surface area contributed by atoms with Crippen molar-refractivity contribution in [1.82, 2.24) is 9.97 Å².